The summed E-state index contributed by atoms with van der Waals surface area (Å²) in [6.45, 7) is 5.81. The Morgan fingerprint density at radius 1 is 1.07 bits per heavy atom. The fourth-order valence-electron chi connectivity index (χ4n) is 3.42. The fraction of sp³-hybridized carbons (Fsp3) is 0.450. The Balaban J connectivity index is 1.36. The van der Waals surface area contributed by atoms with Crippen molar-refractivity contribution in [1.29, 1.82) is 0 Å². The number of piperidine rings is 1. The first-order chi connectivity index (χ1) is 13.7. The summed E-state index contributed by atoms with van der Waals surface area (Å²) in [4.78, 5) is 11.4. The lowest BCUT2D eigenvalue weighted by molar-refractivity contribution is 0.171. The van der Waals surface area contributed by atoms with Crippen molar-refractivity contribution in [2.75, 3.05) is 36.5 Å². The highest BCUT2D eigenvalue weighted by molar-refractivity contribution is 7.80. The Hall–Kier alpha value is -2.61. The predicted octanol–water partition coefficient (Wildman–Crippen LogP) is 3.03. The molecule has 1 fully saturated rings. The van der Waals surface area contributed by atoms with E-state index < -0.39 is 0 Å². The number of thiocarbonyl (C=S) groups is 1. The van der Waals surface area contributed by atoms with Gasteiger partial charge in [0.05, 0.1) is 0 Å². The van der Waals surface area contributed by atoms with Gasteiger partial charge in [0.25, 0.3) is 0 Å². The van der Waals surface area contributed by atoms with Crippen LogP contribution in [0.4, 0.5) is 11.8 Å². The average molecular weight is 400 g/mol. The molecule has 0 aliphatic carbocycles. The molecule has 2 N–H and O–H groups in total. The molecule has 1 saturated heterocycles. The van der Waals surface area contributed by atoms with Crippen LogP contribution in [0.25, 0.3) is 0 Å². The van der Waals surface area contributed by atoms with Crippen LogP contribution in [0.15, 0.2) is 24.3 Å². The highest BCUT2D eigenvalue weighted by Gasteiger charge is 2.15. The third-order valence-corrected chi connectivity index (χ3v) is 5.05. The van der Waals surface area contributed by atoms with Gasteiger partial charge in [-0.05, 0) is 56.1 Å². The lowest BCUT2D eigenvalue weighted by Crippen LogP contribution is -2.32. The molecule has 1 aromatic heterocycles. The Bertz CT molecular complexity index is 854. The largest absolute Gasteiger partial charge is 0.486 e. The number of aromatic nitrogens is 2. The zero-order chi connectivity index (χ0) is 19.3. The average Bonchev–Trinajstić information content (AvgIpc) is 2.72. The van der Waals surface area contributed by atoms with E-state index in [-0.39, 0.29) is 0 Å². The Morgan fingerprint density at radius 2 is 1.86 bits per heavy atom. The molecule has 8 heteroatoms. The smallest absolute Gasteiger partial charge is 0.231 e. The van der Waals surface area contributed by atoms with Crippen molar-refractivity contribution in [3.8, 4) is 11.5 Å². The number of benzene rings is 1. The minimum atomic E-state index is 0.491. The fourth-order valence-corrected chi connectivity index (χ4v) is 3.58. The van der Waals surface area contributed by atoms with Gasteiger partial charge in [0.15, 0.2) is 16.6 Å². The van der Waals surface area contributed by atoms with Gasteiger partial charge in [0, 0.05) is 31.4 Å². The van der Waals surface area contributed by atoms with Gasteiger partial charge in [-0.1, -0.05) is 6.07 Å². The van der Waals surface area contributed by atoms with Gasteiger partial charge in [-0.15, -0.1) is 0 Å². The number of anilines is 2. The molecule has 4 rings (SSSR count). The van der Waals surface area contributed by atoms with Crippen molar-refractivity contribution in [3.63, 3.8) is 0 Å². The summed E-state index contributed by atoms with van der Waals surface area (Å²) in [5.74, 6) is 3.05. The van der Waals surface area contributed by atoms with Gasteiger partial charge in [-0.2, -0.15) is 4.98 Å². The van der Waals surface area contributed by atoms with Gasteiger partial charge < -0.3 is 25.0 Å². The van der Waals surface area contributed by atoms with Crippen LogP contribution in [0.5, 0.6) is 11.5 Å². The molecule has 0 unspecified atom stereocenters. The molecule has 2 aliphatic rings. The van der Waals surface area contributed by atoms with Crippen LogP contribution in [0.1, 0.15) is 30.5 Å². The molecule has 0 saturated carbocycles. The number of hydrogen-bond acceptors (Lipinski definition) is 6. The van der Waals surface area contributed by atoms with Crippen molar-refractivity contribution in [1.82, 2.24) is 15.3 Å². The third-order valence-electron chi connectivity index (χ3n) is 4.81. The summed E-state index contributed by atoms with van der Waals surface area (Å²) < 4.78 is 11.2. The molecule has 28 heavy (non-hydrogen) atoms. The van der Waals surface area contributed by atoms with Gasteiger partial charge in [0.1, 0.15) is 19.0 Å². The lowest BCUT2D eigenvalue weighted by Gasteiger charge is -2.28. The molecular weight excluding hydrogens is 374 g/mol. The van der Waals surface area contributed by atoms with Crippen LogP contribution >= 0.6 is 12.2 Å². The van der Waals surface area contributed by atoms with Gasteiger partial charge >= 0.3 is 0 Å². The number of rotatable bonds is 4. The number of aryl methyl sites for hydroxylation is 1. The van der Waals surface area contributed by atoms with Gasteiger partial charge in [-0.25, -0.2) is 4.98 Å². The molecule has 7 nitrogen and oxygen atoms in total. The zero-order valence-electron chi connectivity index (χ0n) is 16.0. The van der Waals surface area contributed by atoms with E-state index >= 15 is 0 Å². The molecule has 2 aliphatic heterocycles. The maximum absolute atomic E-state index is 5.62. The van der Waals surface area contributed by atoms with Crippen LogP contribution in [0.3, 0.4) is 0 Å². The monoisotopic (exact) mass is 399 g/mol. The number of ether oxygens (including phenoxy) is 2. The summed E-state index contributed by atoms with van der Waals surface area (Å²) in [5.41, 5.74) is 1.99. The molecule has 2 aromatic rings. The number of nitrogens with zero attached hydrogens (tertiary/aromatic N) is 3. The molecular formula is C20H25N5O2S. The summed E-state index contributed by atoms with van der Waals surface area (Å²) in [5, 5.41) is 6.80. The highest BCUT2D eigenvalue weighted by atomic mass is 32.1. The van der Waals surface area contributed by atoms with E-state index in [4.69, 9.17) is 21.7 Å². The van der Waals surface area contributed by atoms with Crippen molar-refractivity contribution in [2.45, 2.75) is 32.7 Å². The van der Waals surface area contributed by atoms with Crippen LogP contribution in [0.2, 0.25) is 0 Å². The predicted molar refractivity (Wildman–Crippen MR) is 113 cm³/mol. The summed E-state index contributed by atoms with van der Waals surface area (Å²) in [6.07, 6.45) is 3.71. The second-order valence-electron chi connectivity index (χ2n) is 7.02. The maximum atomic E-state index is 5.62. The second kappa shape index (κ2) is 8.60. The molecule has 1 aromatic carbocycles. The quantitative estimate of drug-likeness (QED) is 0.761. The Labute approximate surface area is 170 Å². The third kappa shape index (κ3) is 4.62. The zero-order valence-corrected chi connectivity index (χ0v) is 16.8. The SMILES string of the molecule is Cc1cc(N2CCCCC2)nc(NC(=S)NCc2ccc3c(c2)OCCO3)n1. The van der Waals surface area contributed by atoms with Crippen molar-refractivity contribution < 1.29 is 9.47 Å². The number of fused-ring (bicyclic) bond motifs is 1. The van der Waals surface area contributed by atoms with Crippen LogP contribution in [0, 0.1) is 6.92 Å². The molecule has 0 spiro atoms. The molecule has 0 radical (unpaired) electrons. The summed E-state index contributed by atoms with van der Waals surface area (Å²) in [7, 11) is 0. The number of nitrogens with one attached hydrogen (secondary N) is 2. The van der Waals surface area contributed by atoms with Gasteiger partial charge in [-0.3, -0.25) is 0 Å². The van der Waals surface area contributed by atoms with Crippen LogP contribution < -0.4 is 25.0 Å². The van der Waals surface area contributed by atoms with Crippen LogP contribution in [-0.4, -0.2) is 41.4 Å². The lowest BCUT2D eigenvalue weighted by atomic mass is 10.1. The first-order valence-electron chi connectivity index (χ1n) is 9.71. The minimum absolute atomic E-state index is 0.491. The van der Waals surface area contributed by atoms with Crippen molar-refractivity contribution in [2.24, 2.45) is 0 Å². The Morgan fingerprint density at radius 3 is 2.68 bits per heavy atom. The molecule has 3 heterocycles. The van der Waals surface area contributed by atoms with E-state index in [9.17, 15) is 0 Å². The molecule has 0 amide bonds. The Kier molecular flexibility index (Phi) is 5.76. The highest BCUT2D eigenvalue weighted by Crippen LogP contribution is 2.30. The van der Waals surface area contributed by atoms with E-state index in [1.54, 1.807) is 0 Å². The first-order valence-corrected chi connectivity index (χ1v) is 10.1. The summed E-state index contributed by atoms with van der Waals surface area (Å²) >= 11 is 5.43. The van der Waals surface area contributed by atoms with E-state index in [0.29, 0.717) is 30.8 Å². The second-order valence-corrected chi connectivity index (χ2v) is 7.43. The minimum Gasteiger partial charge on any atom is -0.486 e. The van der Waals surface area contributed by atoms with Crippen molar-refractivity contribution >= 4 is 29.1 Å². The number of hydrogen-bond donors (Lipinski definition) is 2. The van der Waals surface area contributed by atoms with E-state index in [0.717, 1.165) is 41.7 Å². The van der Waals surface area contributed by atoms with Crippen LogP contribution in [-0.2, 0) is 6.54 Å². The van der Waals surface area contributed by atoms with Gasteiger partial charge in [0.2, 0.25) is 5.95 Å². The van der Waals surface area contributed by atoms with E-state index in [1.165, 1.54) is 19.3 Å². The standard InChI is InChI=1S/C20H25N5O2S/c1-14-11-18(25-7-3-2-4-8-25)23-19(22-14)24-20(28)21-13-15-5-6-16-17(12-15)27-10-9-26-16/h5-6,11-12H,2-4,7-10,13H2,1H3,(H2,21,22,23,24,28). The van der Waals surface area contributed by atoms with E-state index in [2.05, 4.69) is 25.5 Å². The summed E-state index contributed by atoms with van der Waals surface area (Å²) in [6, 6.07) is 7.93. The normalized spacial score (nSPS) is 15.8. The topological polar surface area (TPSA) is 71.5 Å². The molecule has 148 valence electrons. The molecule has 0 atom stereocenters. The van der Waals surface area contributed by atoms with Crippen molar-refractivity contribution in [3.05, 3.63) is 35.5 Å². The maximum Gasteiger partial charge on any atom is 0.231 e. The van der Waals surface area contributed by atoms with E-state index in [1.807, 2.05) is 31.2 Å². The first kappa shape index (κ1) is 18.7. The molecule has 0 bridgehead atoms.